The molecule has 2 aliphatic rings. The lowest BCUT2D eigenvalue weighted by Gasteiger charge is -2.55. The minimum absolute atomic E-state index is 0.0749. The highest BCUT2D eigenvalue weighted by Crippen LogP contribution is 2.38. The lowest BCUT2D eigenvalue weighted by molar-refractivity contribution is -0.199. The second-order valence-corrected chi connectivity index (χ2v) is 8.24. The van der Waals surface area contributed by atoms with E-state index in [4.69, 9.17) is 10.5 Å². The van der Waals surface area contributed by atoms with Crippen LogP contribution in [-0.4, -0.2) is 52.8 Å². The molecular formula is C14H28N2OS. The Morgan fingerprint density at radius 3 is 2.00 bits per heavy atom. The van der Waals surface area contributed by atoms with Crippen molar-refractivity contribution in [3.63, 3.8) is 0 Å². The summed E-state index contributed by atoms with van der Waals surface area (Å²) in [4.78, 5) is 2.62. The number of rotatable bonds is 2. The van der Waals surface area contributed by atoms with Gasteiger partial charge in [0.15, 0.2) is 0 Å². The molecule has 106 valence electrons. The fourth-order valence-electron chi connectivity index (χ4n) is 3.52. The zero-order chi connectivity index (χ0) is 13.4. The van der Waals surface area contributed by atoms with E-state index in [0.29, 0.717) is 0 Å². The highest BCUT2D eigenvalue weighted by atomic mass is 32.2. The lowest BCUT2D eigenvalue weighted by Crippen LogP contribution is -2.66. The molecule has 0 aromatic rings. The van der Waals surface area contributed by atoms with Gasteiger partial charge in [-0.15, -0.1) is 0 Å². The molecule has 0 aromatic heterocycles. The summed E-state index contributed by atoms with van der Waals surface area (Å²) in [7, 11) is 0. The van der Waals surface area contributed by atoms with E-state index in [1.807, 2.05) is 0 Å². The largest absolute Gasteiger partial charge is 0.367 e. The number of nitrogens with two attached hydrogens (primary N) is 1. The molecule has 2 saturated heterocycles. The van der Waals surface area contributed by atoms with E-state index in [1.54, 1.807) is 0 Å². The third-order valence-corrected chi connectivity index (χ3v) is 5.16. The van der Waals surface area contributed by atoms with Gasteiger partial charge in [0.2, 0.25) is 0 Å². The molecule has 0 unspecified atom stereocenters. The molecule has 2 aliphatic heterocycles. The third kappa shape index (κ3) is 3.03. The molecule has 0 saturated carbocycles. The van der Waals surface area contributed by atoms with Crippen LogP contribution in [0.2, 0.25) is 0 Å². The first kappa shape index (κ1) is 14.6. The van der Waals surface area contributed by atoms with Crippen molar-refractivity contribution in [1.29, 1.82) is 0 Å². The van der Waals surface area contributed by atoms with Crippen LogP contribution in [0.4, 0.5) is 0 Å². The topological polar surface area (TPSA) is 38.5 Å². The Kier molecular flexibility index (Phi) is 4.04. The number of ether oxygens (including phenoxy) is 1. The van der Waals surface area contributed by atoms with E-state index in [2.05, 4.69) is 44.4 Å². The minimum atomic E-state index is -0.0749. The van der Waals surface area contributed by atoms with E-state index in [9.17, 15) is 0 Å². The molecule has 0 spiro atoms. The lowest BCUT2D eigenvalue weighted by atomic mass is 9.85. The Morgan fingerprint density at radius 2 is 1.56 bits per heavy atom. The van der Waals surface area contributed by atoms with Crippen molar-refractivity contribution in [2.45, 2.75) is 57.3 Å². The van der Waals surface area contributed by atoms with Crippen LogP contribution in [0.15, 0.2) is 0 Å². The summed E-state index contributed by atoms with van der Waals surface area (Å²) in [6, 6.07) is 0. The number of morpholine rings is 1. The van der Waals surface area contributed by atoms with Crippen molar-refractivity contribution in [3.8, 4) is 0 Å². The molecular weight excluding hydrogens is 244 g/mol. The van der Waals surface area contributed by atoms with Gasteiger partial charge in [-0.1, -0.05) is 0 Å². The Balaban J connectivity index is 2.19. The SMILES string of the molecule is CC1(C)CN(C2(CN)CCSCC2)CC(C)(C)O1. The average molecular weight is 272 g/mol. The van der Waals surface area contributed by atoms with Crippen LogP contribution in [0.1, 0.15) is 40.5 Å². The zero-order valence-electron chi connectivity index (χ0n) is 12.3. The molecule has 2 rings (SSSR count). The van der Waals surface area contributed by atoms with Crippen molar-refractivity contribution in [3.05, 3.63) is 0 Å². The van der Waals surface area contributed by atoms with Gasteiger partial charge in [0.1, 0.15) is 0 Å². The molecule has 18 heavy (non-hydrogen) atoms. The van der Waals surface area contributed by atoms with E-state index < -0.39 is 0 Å². The number of nitrogens with zero attached hydrogens (tertiary/aromatic N) is 1. The first-order chi connectivity index (χ1) is 8.29. The van der Waals surface area contributed by atoms with Crippen LogP contribution in [0.5, 0.6) is 0 Å². The van der Waals surface area contributed by atoms with Crippen molar-refractivity contribution >= 4 is 11.8 Å². The van der Waals surface area contributed by atoms with Gasteiger partial charge in [-0.05, 0) is 52.0 Å². The molecule has 0 bridgehead atoms. The standard InChI is InChI=1S/C14H28N2OS/c1-12(2)10-16(11-13(3,4)17-12)14(9-15)5-7-18-8-6-14/h5-11,15H2,1-4H3. The van der Waals surface area contributed by atoms with E-state index in [1.165, 1.54) is 24.3 Å². The smallest absolute Gasteiger partial charge is 0.0761 e. The Morgan fingerprint density at radius 1 is 1.06 bits per heavy atom. The van der Waals surface area contributed by atoms with Gasteiger partial charge in [0.05, 0.1) is 11.2 Å². The highest BCUT2D eigenvalue weighted by Gasteiger charge is 2.46. The van der Waals surface area contributed by atoms with Crippen LogP contribution >= 0.6 is 11.8 Å². The second kappa shape index (κ2) is 4.97. The fourth-order valence-corrected chi connectivity index (χ4v) is 4.78. The molecule has 4 heteroatoms. The zero-order valence-corrected chi connectivity index (χ0v) is 13.1. The van der Waals surface area contributed by atoms with Crippen molar-refractivity contribution in [2.75, 3.05) is 31.1 Å². The van der Waals surface area contributed by atoms with Crippen LogP contribution in [0, 0.1) is 0 Å². The Labute approximate surface area is 116 Å². The summed E-state index contributed by atoms with van der Waals surface area (Å²) in [5.74, 6) is 2.49. The summed E-state index contributed by atoms with van der Waals surface area (Å²) < 4.78 is 6.18. The van der Waals surface area contributed by atoms with Gasteiger partial charge in [-0.3, -0.25) is 4.90 Å². The fraction of sp³-hybridized carbons (Fsp3) is 1.00. The summed E-state index contributed by atoms with van der Waals surface area (Å²) in [6.45, 7) is 11.6. The summed E-state index contributed by atoms with van der Waals surface area (Å²) >= 11 is 2.06. The number of hydrogen-bond donors (Lipinski definition) is 1. The average Bonchev–Trinajstić information content (AvgIpc) is 2.26. The summed E-state index contributed by atoms with van der Waals surface area (Å²) in [6.07, 6.45) is 2.45. The first-order valence-corrected chi connectivity index (χ1v) is 8.17. The molecule has 2 fully saturated rings. The van der Waals surface area contributed by atoms with Gasteiger partial charge < -0.3 is 10.5 Å². The normalized spacial score (nSPS) is 31.2. The summed E-state index contributed by atoms with van der Waals surface area (Å²) in [5, 5.41) is 0. The number of hydrogen-bond acceptors (Lipinski definition) is 4. The predicted molar refractivity (Wildman–Crippen MR) is 79.2 cm³/mol. The Hall–Kier alpha value is 0.230. The molecule has 2 heterocycles. The molecule has 0 aromatic carbocycles. The van der Waals surface area contributed by atoms with Crippen LogP contribution in [0.25, 0.3) is 0 Å². The number of thioether (sulfide) groups is 1. The second-order valence-electron chi connectivity index (χ2n) is 7.02. The van der Waals surface area contributed by atoms with Crippen molar-refractivity contribution < 1.29 is 4.74 Å². The van der Waals surface area contributed by atoms with E-state index in [0.717, 1.165) is 19.6 Å². The van der Waals surface area contributed by atoms with Gasteiger partial charge in [0, 0.05) is 25.2 Å². The molecule has 2 N–H and O–H groups in total. The monoisotopic (exact) mass is 272 g/mol. The van der Waals surface area contributed by atoms with Crippen molar-refractivity contribution in [1.82, 2.24) is 4.90 Å². The quantitative estimate of drug-likeness (QED) is 0.835. The molecule has 0 amide bonds. The first-order valence-electron chi connectivity index (χ1n) is 7.02. The maximum absolute atomic E-state index is 6.18. The third-order valence-electron chi connectivity index (χ3n) is 4.17. The van der Waals surface area contributed by atoms with Gasteiger partial charge >= 0.3 is 0 Å². The van der Waals surface area contributed by atoms with Crippen LogP contribution in [-0.2, 0) is 4.74 Å². The predicted octanol–water partition coefficient (Wildman–Crippen LogP) is 2.10. The molecule has 3 nitrogen and oxygen atoms in total. The summed E-state index contributed by atoms with van der Waals surface area (Å²) in [5.41, 5.74) is 6.22. The van der Waals surface area contributed by atoms with Gasteiger partial charge in [-0.25, -0.2) is 0 Å². The molecule has 0 atom stereocenters. The molecule has 0 radical (unpaired) electrons. The Bertz CT molecular complexity index is 282. The van der Waals surface area contributed by atoms with Crippen LogP contribution in [0.3, 0.4) is 0 Å². The van der Waals surface area contributed by atoms with Crippen LogP contribution < -0.4 is 5.73 Å². The maximum atomic E-state index is 6.18. The van der Waals surface area contributed by atoms with Gasteiger partial charge in [-0.2, -0.15) is 11.8 Å². The van der Waals surface area contributed by atoms with E-state index >= 15 is 0 Å². The van der Waals surface area contributed by atoms with E-state index in [-0.39, 0.29) is 16.7 Å². The highest BCUT2D eigenvalue weighted by molar-refractivity contribution is 7.99. The maximum Gasteiger partial charge on any atom is 0.0761 e. The van der Waals surface area contributed by atoms with Gasteiger partial charge in [0.25, 0.3) is 0 Å². The van der Waals surface area contributed by atoms with Crippen molar-refractivity contribution in [2.24, 2.45) is 5.73 Å². The minimum Gasteiger partial charge on any atom is -0.367 e. The molecule has 0 aliphatic carbocycles.